The quantitative estimate of drug-likeness (QED) is 0.753. The molecule has 3 nitrogen and oxygen atoms in total. The first kappa shape index (κ1) is 12.3. The average molecular weight is 234 g/mol. The summed E-state index contributed by atoms with van der Waals surface area (Å²) < 4.78 is 1.73. The van der Waals surface area contributed by atoms with Gasteiger partial charge < -0.3 is 0 Å². The van der Waals surface area contributed by atoms with Crippen LogP contribution in [0, 0.1) is 18.8 Å². The lowest BCUT2D eigenvalue weighted by Crippen LogP contribution is -2.24. The van der Waals surface area contributed by atoms with E-state index >= 15 is 0 Å². The molecule has 0 aliphatic heterocycles. The molecule has 1 aliphatic carbocycles. The van der Waals surface area contributed by atoms with Gasteiger partial charge in [0.25, 0.3) is 0 Å². The van der Waals surface area contributed by atoms with Crippen LogP contribution in [0.3, 0.4) is 0 Å². The molecule has 1 aliphatic rings. The monoisotopic (exact) mass is 234 g/mol. The average Bonchev–Trinajstić information content (AvgIpc) is 2.67. The van der Waals surface area contributed by atoms with E-state index in [1.165, 1.54) is 19.3 Å². The Morgan fingerprint density at radius 1 is 1.53 bits per heavy atom. The Balaban J connectivity index is 2.12. The standard InChI is InChI=1S/C14H22N2O/c1-4-11-6-5-7-12(9-11)14(17)13-8-10(2)15-16(13)3/h8,11-12H,4-7,9H2,1-3H3. The Morgan fingerprint density at radius 3 is 2.88 bits per heavy atom. The summed E-state index contributed by atoms with van der Waals surface area (Å²) in [4.78, 5) is 12.4. The molecule has 1 saturated carbocycles. The highest BCUT2D eigenvalue weighted by atomic mass is 16.1. The molecular weight excluding hydrogens is 212 g/mol. The van der Waals surface area contributed by atoms with Crippen molar-refractivity contribution in [1.82, 2.24) is 9.78 Å². The van der Waals surface area contributed by atoms with Gasteiger partial charge in [0.05, 0.1) is 5.69 Å². The van der Waals surface area contributed by atoms with Crippen LogP contribution in [-0.2, 0) is 7.05 Å². The number of hydrogen-bond acceptors (Lipinski definition) is 2. The summed E-state index contributed by atoms with van der Waals surface area (Å²) in [6.45, 7) is 4.16. The van der Waals surface area contributed by atoms with Gasteiger partial charge in [0, 0.05) is 13.0 Å². The van der Waals surface area contributed by atoms with Gasteiger partial charge in [-0.3, -0.25) is 9.48 Å². The first-order valence-corrected chi connectivity index (χ1v) is 6.66. The molecule has 94 valence electrons. The van der Waals surface area contributed by atoms with Crippen molar-refractivity contribution >= 4 is 5.78 Å². The van der Waals surface area contributed by atoms with Crippen molar-refractivity contribution in [3.63, 3.8) is 0 Å². The van der Waals surface area contributed by atoms with Gasteiger partial charge in [0.15, 0.2) is 5.78 Å². The third kappa shape index (κ3) is 2.59. The molecule has 0 saturated heterocycles. The number of rotatable bonds is 3. The summed E-state index contributed by atoms with van der Waals surface area (Å²) in [5.74, 6) is 1.27. The van der Waals surface area contributed by atoms with Gasteiger partial charge in [-0.25, -0.2) is 0 Å². The maximum absolute atomic E-state index is 12.4. The highest BCUT2D eigenvalue weighted by Gasteiger charge is 2.28. The Hall–Kier alpha value is -1.12. The van der Waals surface area contributed by atoms with Crippen molar-refractivity contribution in [3.05, 3.63) is 17.5 Å². The summed E-state index contributed by atoms with van der Waals surface area (Å²) in [7, 11) is 1.86. The number of aryl methyl sites for hydroxylation is 2. The summed E-state index contributed by atoms with van der Waals surface area (Å²) in [6.07, 6.45) is 5.82. The molecule has 0 amide bonds. The predicted molar refractivity (Wildman–Crippen MR) is 68.0 cm³/mol. The van der Waals surface area contributed by atoms with Gasteiger partial charge in [-0.1, -0.05) is 26.2 Å². The third-order valence-electron chi connectivity index (χ3n) is 3.99. The van der Waals surface area contributed by atoms with Crippen molar-refractivity contribution in [3.8, 4) is 0 Å². The van der Waals surface area contributed by atoms with E-state index in [0.29, 0.717) is 5.78 Å². The lowest BCUT2D eigenvalue weighted by molar-refractivity contribution is 0.0852. The van der Waals surface area contributed by atoms with Crippen LogP contribution in [-0.4, -0.2) is 15.6 Å². The van der Waals surface area contributed by atoms with E-state index < -0.39 is 0 Å². The van der Waals surface area contributed by atoms with Crippen molar-refractivity contribution in [2.24, 2.45) is 18.9 Å². The zero-order valence-corrected chi connectivity index (χ0v) is 11.1. The van der Waals surface area contributed by atoms with E-state index in [9.17, 15) is 4.79 Å². The molecule has 1 aromatic rings. The zero-order chi connectivity index (χ0) is 12.4. The second kappa shape index (κ2) is 5.03. The Bertz CT molecular complexity index is 408. The maximum Gasteiger partial charge on any atom is 0.183 e. The van der Waals surface area contributed by atoms with E-state index in [-0.39, 0.29) is 5.92 Å². The number of carbonyl (C=O) groups excluding carboxylic acids is 1. The first-order valence-electron chi connectivity index (χ1n) is 6.66. The smallest absolute Gasteiger partial charge is 0.183 e. The molecule has 1 fully saturated rings. The molecule has 3 heteroatoms. The number of aromatic nitrogens is 2. The van der Waals surface area contributed by atoms with Crippen LogP contribution < -0.4 is 0 Å². The maximum atomic E-state index is 12.4. The highest BCUT2D eigenvalue weighted by molar-refractivity contribution is 5.96. The molecule has 0 N–H and O–H groups in total. The van der Waals surface area contributed by atoms with E-state index in [4.69, 9.17) is 0 Å². The van der Waals surface area contributed by atoms with Gasteiger partial charge in [-0.15, -0.1) is 0 Å². The van der Waals surface area contributed by atoms with Crippen molar-refractivity contribution in [2.45, 2.75) is 46.0 Å². The summed E-state index contributed by atoms with van der Waals surface area (Å²) in [6, 6.07) is 1.91. The SMILES string of the molecule is CCC1CCCC(C(=O)c2cc(C)nn2C)C1. The lowest BCUT2D eigenvalue weighted by atomic mass is 9.77. The fourth-order valence-electron chi connectivity index (χ4n) is 2.95. The molecular formula is C14H22N2O. The molecule has 0 bridgehead atoms. The number of ketones is 1. The van der Waals surface area contributed by atoms with Crippen LogP contribution >= 0.6 is 0 Å². The van der Waals surface area contributed by atoms with Gasteiger partial charge in [-0.05, 0) is 31.7 Å². The number of carbonyl (C=O) groups is 1. The van der Waals surface area contributed by atoms with Crippen LogP contribution in [0.25, 0.3) is 0 Å². The van der Waals surface area contributed by atoms with Gasteiger partial charge in [0.2, 0.25) is 0 Å². The Labute approximate surface area is 103 Å². The number of Topliss-reactive ketones (excluding diaryl/α,β-unsaturated/α-hetero) is 1. The third-order valence-corrected chi connectivity index (χ3v) is 3.99. The van der Waals surface area contributed by atoms with Crippen molar-refractivity contribution < 1.29 is 4.79 Å². The van der Waals surface area contributed by atoms with Gasteiger partial charge in [-0.2, -0.15) is 5.10 Å². The first-order chi connectivity index (χ1) is 8.11. The fraction of sp³-hybridized carbons (Fsp3) is 0.714. The largest absolute Gasteiger partial charge is 0.292 e. The molecule has 0 radical (unpaired) electrons. The molecule has 1 heterocycles. The van der Waals surface area contributed by atoms with Crippen LogP contribution in [0.4, 0.5) is 0 Å². The molecule has 2 atom stereocenters. The van der Waals surface area contributed by atoms with Crippen molar-refractivity contribution in [2.75, 3.05) is 0 Å². The second-order valence-corrected chi connectivity index (χ2v) is 5.30. The lowest BCUT2D eigenvalue weighted by Gasteiger charge is -2.27. The fourth-order valence-corrected chi connectivity index (χ4v) is 2.95. The Morgan fingerprint density at radius 2 is 2.29 bits per heavy atom. The second-order valence-electron chi connectivity index (χ2n) is 5.30. The van der Waals surface area contributed by atoms with Crippen LogP contribution in [0.5, 0.6) is 0 Å². The number of hydrogen-bond donors (Lipinski definition) is 0. The van der Waals surface area contributed by atoms with Crippen LogP contribution in [0.1, 0.15) is 55.2 Å². The van der Waals surface area contributed by atoms with Gasteiger partial charge >= 0.3 is 0 Å². The minimum Gasteiger partial charge on any atom is -0.292 e. The summed E-state index contributed by atoms with van der Waals surface area (Å²) in [5.41, 5.74) is 1.71. The molecule has 2 unspecified atom stereocenters. The van der Waals surface area contributed by atoms with Crippen molar-refractivity contribution in [1.29, 1.82) is 0 Å². The molecule has 2 rings (SSSR count). The zero-order valence-electron chi connectivity index (χ0n) is 11.1. The van der Waals surface area contributed by atoms with E-state index in [1.54, 1.807) is 4.68 Å². The summed E-state index contributed by atoms with van der Waals surface area (Å²) >= 11 is 0. The van der Waals surface area contributed by atoms with Crippen LogP contribution in [0.2, 0.25) is 0 Å². The minimum atomic E-state index is 0.225. The van der Waals surface area contributed by atoms with E-state index in [2.05, 4.69) is 12.0 Å². The van der Waals surface area contributed by atoms with E-state index in [1.807, 2.05) is 20.0 Å². The highest BCUT2D eigenvalue weighted by Crippen LogP contribution is 2.32. The minimum absolute atomic E-state index is 0.225. The normalized spacial score (nSPS) is 24.9. The Kier molecular flexibility index (Phi) is 3.65. The predicted octanol–water partition coefficient (Wildman–Crippen LogP) is 3.13. The number of nitrogens with zero attached hydrogens (tertiary/aromatic N) is 2. The molecule has 17 heavy (non-hydrogen) atoms. The van der Waals surface area contributed by atoms with Gasteiger partial charge in [0.1, 0.15) is 5.69 Å². The molecule has 0 aromatic carbocycles. The summed E-state index contributed by atoms with van der Waals surface area (Å²) in [5, 5.41) is 4.26. The molecule has 0 spiro atoms. The topological polar surface area (TPSA) is 34.9 Å². The van der Waals surface area contributed by atoms with E-state index in [0.717, 1.165) is 30.1 Å². The van der Waals surface area contributed by atoms with Crippen LogP contribution in [0.15, 0.2) is 6.07 Å². The molecule has 1 aromatic heterocycles.